The fraction of sp³-hybridized carbons (Fsp3) is 0.571. The van der Waals surface area contributed by atoms with E-state index in [1.54, 1.807) is 0 Å². The van der Waals surface area contributed by atoms with Gasteiger partial charge in [0.2, 0.25) is 0 Å². The van der Waals surface area contributed by atoms with Gasteiger partial charge in [-0.1, -0.05) is 19.9 Å². The summed E-state index contributed by atoms with van der Waals surface area (Å²) in [6.45, 7) is 6.09. The summed E-state index contributed by atoms with van der Waals surface area (Å²) in [5.74, 6) is 2.69. The topological polar surface area (TPSA) is 18.5 Å². The lowest BCUT2D eigenvalue weighted by Gasteiger charge is -2.08. The molecule has 1 heterocycles. The SMILES string of the molecule is CC(C)CCCOc1ccc2c(c1)OCC2. The molecular weight excluding hydrogens is 200 g/mol. The molecule has 0 aromatic heterocycles. The Morgan fingerprint density at radius 2 is 2.25 bits per heavy atom. The molecule has 0 radical (unpaired) electrons. The van der Waals surface area contributed by atoms with Crippen LogP contribution in [0.4, 0.5) is 0 Å². The number of benzene rings is 1. The molecule has 2 nitrogen and oxygen atoms in total. The highest BCUT2D eigenvalue weighted by Crippen LogP contribution is 2.29. The molecule has 1 aliphatic heterocycles. The minimum absolute atomic E-state index is 0.756. The number of hydrogen-bond acceptors (Lipinski definition) is 2. The third kappa shape index (κ3) is 2.91. The number of fused-ring (bicyclic) bond motifs is 1. The van der Waals surface area contributed by atoms with Crippen LogP contribution in [-0.2, 0) is 6.42 Å². The maximum Gasteiger partial charge on any atom is 0.126 e. The molecular formula is C14H20O2. The third-order valence-corrected chi connectivity index (χ3v) is 2.86. The van der Waals surface area contributed by atoms with E-state index in [0.29, 0.717) is 0 Å². The van der Waals surface area contributed by atoms with E-state index in [0.717, 1.165) is 43.5 Å². The number of ether oxygens (including phenoxy) is 2. The van der Waals surface area contributed by atoms with Crippen LogP contribution in [0, 0.1) is 5.92 Å². The van der Waals surface area contributed by atoms with Crippen molar-refractivity contribution in [2.75, 3.05) is 13.2 Å². The Kier molecular flexibility index (Phi) is 3.70. The van der Waals surface area contributed by atoms with Crippen LogP contribution in [0.25, 0.3) is 0 Å². The zero-order chi connectivity index (χ0) is 11.4. The minimum Gasteiger partial charge on any atom is -0.493 e. The summed E-state index contributed by atoms with van der Waals surface area (Å²) in [6.07, 6.45) is 3.38. The highest BCUT2D eigenvalue weighted by molar-refractivity contribution is 5.42. The van der Waals surface area contributed by atoms with Crippen molar-refractivity contribution >= 4 is 0 Å². The van der Waals surface area contributed by atoms with Gasteiger partial charge in [-0.3, -0.25) is 0 Å². The molecule has 0 amide bonds. The van der Waals surface area contributed by atoms with Gasteiger partial charge in [0.05, 0.1) is 13.2 Å². The van der Waals surface area contributed by atoms with Gasteiger partial charge in [-0.15, -0.1) is 0 Å². The maximum atomic E-state index is 5.70. The molecule has 88 valence electrons. The highest BCUT2D eigenvalue weighted by atomic mass is 16.5. The molecule has 0 spiro atoms. The number of rotatable bonds is 5. The molecule has 0 saturated carbocycles. The van der Waals surface area contributed by atoms with Crippen molar-refractivity contribution in [2.24, 2.45) is 5.92 Å². The van der Waals surface area contributed by atoms with Crippen LogP contribution < -0.4 is 9.47 Å². The van der Waals surface area contributed by atoms with E-state index in [4.69, 9.17) is 9.47 Å². The van der Waals surface area contributed by atoms with Crippen LogP contribution in [0.3, 0.4) is 0 Å². The van der Waals surface area contributed by atoms with Crippen LogP contribution in [0.15, 0.2) is 18.2 Å². The third-order valence-electron chi connectivity index (χ3n) is 2.86. The predicted molar refractivity (Wildman–Crippen MR) is 65.2 cm³/mol. The lowest BCUT2D eigenvalue weighted by atomic mass is 10.1. The molecule has 0 N–H and O–H groups in total. The van der Waals surface area contributed by atoms with Crippen LogP contribution in [-0.4, -0.2) is 13.2 Å². The summed E-state index contributed by atoms with van der Waals surface area (Å²) < 4.78 is 11.2. The quantitative estimate of drug-likeness (QED) is 0.708. The van der Waals surface area contributed by atoms with E-state index < -0.39 is 0 Å². The van der Waals surface area contributed by atoms with Crippen molar-refractivity contribution in [3.63, 3.8) is 0 Å². The van der Waals surface area contributed by atoms with Gasteiger partial charge >= 0.3 is 0 Å². The van der Waals surface area contributed by atoms with Gasteiger partial charge in [-0.25, -0.2) is 0 Å². The van der Waals surface area contributed by atoms with Gasteiger partial charge in [0.1, 0.15) is 11.5 Å². The van der Waals surface area contributed by atoms with Gasteiger partial charge in [0, 0.05) is 12.5 Å². The summed E-state index contributed by atoms with van der Waals surface area (Å²) in [4.78, 5) is 0. The first kappa shape index (κ1) is 11.3. The van der Waals surface area contributed by atoms with Crippen LogP contribution >= 0.6 is 0 Å². The standard InChI is InChI=1S/C14H20O2/c1-11(2)4-3-8-15-13-6-5-12-7-9-16-14(12)10-13/h5-6,10-11H,3-4,7-9H2,1-2H3. The smallest absolute Gasteiger partial charge is 0.126 e. The first-order valence-electron chi connectivity index (χ1n) is 6.14. The van der Waals surface area contributed by atoms with Crippen LogP contribution in [0.1, 0.15) is 32.3 Å². The molecule has 2 heteroatoms. The van der Waals surface area contributed by atoms with E-state index in [1.165, 1.54) is 12.0 Å². The van der Waals surface area contributed by atoms with Crippen molar-refractivity contribution in [2.45, 2.75) is 33.1 Å². The summed E-state index contributed by atoms with van der Waals surface area (Å²) in [7, 11) is 0. The molecule has 2 rings (SSSR count). The first-order valence-corrected chi connectivity index (χ1v) is 6.14. The fourth-order valence-electron chi connectivity index (χ4n) is 1.92. The monoisotopic (exact) mass is 220 g/mol. The van der Waals surface area contributed by atoms with E-state index >= 15 is 0 Å². The molecule has 0 bridgehead atoms. The summed E-state index contributed by atoms with van der Waals surface area (Å²) in [6, 6.07) is 6.17. The average molecular weight is 220 g/mol. The second-order valence-corrected chi connectivity index (χ2v) is 4.75. The predicted octanol–water partition coefficient (Wildman–Crippen LogP) is 3.44. The first-order chi connectivity index (χ1) is 7.75. The minimum atomic E-state index is 0.756. The Bertz CT molecular complexity index is 345. The van der Waals surface area contributed by atoms with Gasteiger partial charge < -0.3 is 9.47 Å². The van der Waals surface area contributed by atoms with Crippen molar-refractivity contribution < 1.29 is 9.47 Å². The van der Waals surface area contributed by atoms with Crippen molar-refractivity contribution in [1.29, 1.82) is 0 Å². The van der Waals surface area contributed by atoms with Crippen molar-refractivity contribution in [1.82, 2.24) is 0 Å². The molecule has 0 saturated heterocycles. The van der Waals surface area contributed by atoms with Gasteiger partial charge in [-0.2, -0.15) is 0 Å². The zero-order valence-electron chi connectivity index (χ0n) is 10.2. The molecule has 16 heavy (non-hydrogen) atoms. The molecule has 0 unspecified atom stereocenters. The molecule has 0 fully saturated rings. The lowest BCUT2D eigenvalue weighted by Crippen LogP contribution is -1.99. The Hall–Kier alpha value is -1.18. The van der Waals surface area contributed by atoms with Crippen LogP contribution in [0.5, 0.6) is 11.5 Å². The van der Waals surface area contributed by atoms with Crippen molar-refractivity contribution in [3.05, 3.63) is 23.8 Å². The van der Waals surface area contributed by atoms with Gasteiger partial charge in [0.15, 0.2) is 0 Å². The van der Waals surface area contributed by atoms with Gasteiger partial charge in [0.25, 0.3) is 0 Å². The second-order valence-electron chi connectivity index (χ2n) is 4.75. The Morgan fingerprint density at radius 1 is 1.38 bits per heavy atom. The Labute approximate surface area is 97.6 Å². The van der Waals surface area contributed by atoms with Crippen molar-refractivity contribution in [3.8, 4) is 11.5 Å². The van der Waals surface area contributed by atoms with Gasteiger partial charge in [-0.05, 0) is 30.4 Å². The molecule has 0 aliphatic carbocycles. The average Bonchev–Trinajstić information content (AvgIpc) is 2.71. The highest BCUT2D eigenvalue weighted by Gasteiger charge is 2.12. The largest absolute Gasteiger partial charge is 0.493 e. The maximum absolute atomic E-state index is 5.70. The summed E-state index contributed by atoms with van der Waals surface area (Å²) >= 11 is 0. The molecule has 1 aromatic carbocycles. The number of hydrogen-bond donors (Lipinski definition) is 0. The van der Waals surface area contributed by atoms with E-state index in [2.05, 4.69) is 19.9 Å². The Balaban J connectivity index is 1.81. The normalized spacial score (nSPS) is 13.7. The van der Waals surface area contributed by atoms with Crippen LogP contribution in [0.2, 0.25) is 0 Å². The summed E-state index contributed by atoms with van der Waals surface area (Å²) in [5, 5.41) is 0. The summed E-state index contributed by atoms with van der Waals surface area (Å²) in [5.41, 5.74) is 1.30. The molecule has 0 atom stereocenters. The zero-order valence-corrected chi connectivity index (χ0v) is 10.2. The fourth-order valence-corrected chi connectivity index (χ4v) is 1.92. The van der Waals surface area contributed by atoms with E-state index in [1.807, 2.05) is 12.1 Å². The van der Waals surface area contributed by atoms with E-state index in [-0.39, 0.29) is 0 Å². The van der Waals surface area contributed by atoms with E-state index in [9.17, 15) is 0 Å². The molecule has 1 aliphatic rings. The second kappa shape index (κ2) is 5.24. The Morgan fingerprint density at radius 3 is 3.06 bits per heavy atom. The lowest BCUT2D eigenvalue weighted by molar-refractivity contribution is 0.295. The molecule has 1 aromatic rings.